The van der Waals surface area contributed by atoms with Crippen molar-refractivity contribution in [2.75, 3.05) is 26.2 Å². The zero-order valence-corrected chi connectivity index (χ0v) is 14.5. The van der Waals surface area contributed by atoms with Crippen LogP contribution in [0.1, 0.15) is 27.9 Å². The molecule has 132 valence electrons. The SMILES string of the molecule is O=C(O)c1cccc(CNCC2CCN(CCc3ccccc3)C2)c1. The van der Waals surface area contributed by atoms with Crippen LogP contribution in [0.4, 0.5) is 0 Å². The number of carboxylic acid groups (broad SMARTS) is 1. The van der Waals surface area contributed by atoms with Crippen molar-refractivity contribution in [1.82, 2.24) is 10.2 Å². The Hall–Kier alpha value is -2.17. The van der Waals surface area contributed by atoms with E-state index in [0.29, 0.717) is 11.5 Å². The molecular weight excluding hydrogens is 312 g/mol. The van der Waals surface area contributed by atoms with E-state index in [2.05, 4.69) is 40.5 Å². The molecular formula is C21H26N2O2. The molecule has 1 fully saturated rings. The third-order valence-corrected chi connectivity index (χ3v) is 4.87. The van der Waals surface area contributed by atoms with Gasteiger partial charge in [0.1, 0.15) is 0 Å². The topological polar surface area (TPSA) is 52.6 Å². The summed E-state index contributed by atoms with van der Waals surface area (Å²) >= 11 is 0. The molecule has 2 aromatic rings. The van der Waals surface area contributed by atoms with E-state index in [1.54, 1.807) is 18.2 Å². The van der Waals surface area contributed by atoms with Crippen molar-refractivity contribution in [3.63, 3.8) is 0 Å². The molecule has 0 aliphatic carbocycles. The maximum absolute atomic E-state index is 11.0. The van der Waals surface area contributed by atoms with Crippen molar-refractivity contribution in [3.05, 3.63) is 71.3 Å². The highest BCUT2D eigenvalue weighted by atomic mass is 16.4. The van der Waals surface area contributed by atoms with Gasteiger partial charge in [-0.05, 0) is 55.1 Å². The van der Waals surface area contributed by atoms with Crippen molar-refractivity contribution < 1.29 is 9.90 Å². The fourth-order valence-electron chi connectivity index (χ4n) is 3.45. The minimum absolute atomic E-state index is 0.354. The Morgan fingerprint density at radius 3 is 2.72 bits per heavy atom. The maximum atomic E-state index is 11.0. The minimum atomic E-state index is -0.869. The van der Waals surface area contributed by atoms with Gasteiger partial charge in [0.2, 0.25) is 0 Å². The Morgan fingerprint density at radius 2 is 1.92 bits per heavy atom. The number of benzene rings is 2. The van der Waals surface area contributed by atoms with E-state index >= 15 is 0 Å². The van der Waals surface area contributed by atoms with Crippen LogP contribution in [0, 0.1) is 5.92 Å². The Kier molecular flexibility index (Phi) is 6.20. The van der Waals surface area contributed by atoms with Gasteiger partial charge < -0.3 is 15.3 Å². The lowest BCUT2D eigenvalue weighted by Crippen LogP contribution is -2.27. The van der Waals surface area contributed by atoms with Crippen LogP contribution in [0.25, 0.3) is 0 Å². The normalized spacial score (nSPS) is 17.7. The van der Waals surface area contributed by atoms with E-state index in [1.807, 2.05) is 6.07 Å². The zero-order chi connectivity index (χ0) is 17.5. The molecule has 0 aromatic heterocycles. The zero-order valence-electron chi connectivity index (χ0n) is 14.5. The molecule has 0 spiro atoms. The van der Waals surface area contributed by atoms with Crippen molar-refractivity contribution in [2.45, 2.75) is 19.4 Å². The third-order valence-electron chi connectivity index (χ3n) is 4.87. The summed E-state index contributed by atoms with van der Waals surface area (Å²) in [5, 5.41) is 12.5. The Balaban J connectivity index is 1.37. The number of hydrogen-bond acceptors (Lipinski definition) is 3. The molecule has 1 atom stereocenters. The van der Waals surface area contributed by atoms with Crippen LogP contribution in [-0.2, 0) is 13.0 Å². The van der Waals surface area contributed by atoms with Crippen molar-refractivity contribution in [2.24, 2.45) is 5.92 Å². The number of carbonyl (C=O) groups is 1. The lowest BCUT2D eigenvalue weighted by Gasteiger charge is -2.16. The quantitative estimate of drug-likeness (QED) is 0.777. The first-order chi connectivity index (χ1) is 12.2. The van der Waals surface area contributed by atoms with Gasteiger partial charge in [-0.2, -0.15) is 0 Å². The summed E-state index contributed by atoms with van der Waals surface area (Å²) in [6.45, 7) is 5.16. The largest absolute Gasteiger partial charge is 0.478 e. The van der Waals surface area contributed by atoms with Gasteiger partial charge in [-0.15, -0.1) is 0 Å². The molecule has 2 aromatic carbocycles. The first-order valence-corrected chi connectivity index (χ1v) is 9.00. The summed E-state index contributed by atoms with van der Waals surface area (Å²) in [4.78, 5) is 13.6. The molecule has 0 radical (unpaired) electrons. The minimum Gasteiger partial charge on any atom is -0.478 e. The molecule has 1 aliphatic rings. The molecule has 25 heavy (non-hydrogen) atoms. The van der Waals surface area contributed by atoms with E-state index in [1.165, 1.54) is 18.5 Å². The monoisotopic (exact) mass is 338 g/mol. The second-order valence-corrected chi connectivity index (χ2v) is 6.83. The molecule has 1 heterocycles. The van der Waals surface area contributed by atoms with Crippen LogP contribution in [0.15, 0.2) is 54.6 Å². The average molecular weight is 338 g/mol. The summed E-state index contributed by atoms with van der Waals surface area (Å²) in [5.41, 5.74) is 2.79. The van der Waals surface area contributed by atoms with Crippen LogP contribution < -0.4 is 5.32 Å². The lowest BCUT2D eigenvalue weighted by molar-refractivity contribution is 0.0696. The Bertz CT molecular complexity index is 687. The summed E-state index contributed by atoms with van der Waals surface area (Å²) in [6, 6.07) is 17.8. The maximum Gasteiger partial charge on any atom is 0.335 e. The van der Waals surface area contributed by atoms with Gasteiger partial charge >= 0.3 is 5.97 Å². The first-order valence-electron chi connectivity index (χ1n) is 9.00. The fraction of sp³-hybridized carbons (Fsp3) is 0.381. The lowest BCUT2D eigenvalue weighted by atomic mass is 10.1. The molecule has 1 unspecified atom stereocenters. The highest BCUT2D eigenvalue weighted by Crippen LogP contribution is 2.16. The van der Waals surface area contributed by atoms with E-state index in [9.17, 15) is 4.79 Å². The predicted molar refractivity (Wildman–Crippen MR) is 99.8 cm³/mol. The van der Waals surface area contributed by atoms with Crippen LogP contribution in [0.5, 0.6) is 0 Å². The van der Waals surface area contributed by atoms with Gasteiger partial charge in [0.25, 0.3) is 0 Å². The highest BCUT2D eigenvalue weighted by molar-refractivity contribution is 5.87. The Morgan fingerprint density at radius 1 is 1.12 bits per heavy atom. The van der Waals surface area contributed by atoms with E-state index in [-0.39, 0.29) is 0 Å². The summed E-state index contributed by atoms with van der Waals surface area (Å²) in [6.07, 6.45) is 2.35. The standard InChI is InChI=1S/C21H26N2O2/c24-21(25)20-8-4-7-18(13-20)14-22-15-19-10-12-23(16-19)11-9-17-5-2-1-3-6-17/h1-8,13,19,22H,9-12,14-16H2,(H,24,25). The van der Waals surface area contributed by atoms with Crippen LogP contribution in [0.2, 0.25) is 0 Å². The molecule has 1 aliphatic heterocycles. The van der Waals surface area contributed by atoms with Crippen molar-refractivity contribution in [3.8, 4) is 0 Å². The molecule has 4 heteroatoms. The van der Waals surface area contributed by atoms with Crippen LogP contribution >= 0.6 is 0 Å². The molecule has 0 saturated carbocycles. The summed E-state index contributed by atoms with van der Waals surface area (Å²) in [7, 11) is 0. The average Bonchev–Trinajstić information content (AvgIpc) is 3.09. The van der Waals surface area contributed by atoms with Crippen LogP contribution in [-0.4, -0.2) is 42.2 Å². The third kappa shape index (κ3) is 5.41. The number of rotatable bonds is 8. The smallest absolute Gasteiger partial charge is 0.335 e. The van der Waals surface area contributed by atoms with Crippen molar-refractivity contribution in [1.29, 1.82) is 0 Å². The summed E-state index contributed by atoms with van der Waals surface area (Å²) in [5.74, 6) is -0.190. The van der Waals surface area contributed by atoms with Crippen molar-refractivity contribution >= 4 is 5.97 Å². The summed E-state index contributed by atoms with van der Waals surface area (Å²) < 4.78 is 0. The van der Waals surface area contributed by atoms with Gasteiger partial charge in [-0.1, -0.05) is 42.5 Å². The van der Waals surface area contributed by atoms with Gasteiger partial charge in [-0.3, -0.25) is 0 Å². The molecule has 0 bridgehead atoms. The number of nitrogens with zero attached hydrogens (tertiary/aromatic N) is 1. The molecule has 0 amide bonds. The van der Waals surface area contributed by atoms with Gasteiger partial charge in [0, 0.05) is 19.6 Å². The first kappa shape index (κ1) is 17.6. The van der Waals surface area contributed by atoms with Gasteiger partial charge in [0.05, 0.1) is 5.56 Å². The predicted octanol–water partition coefficient (Wildman–Crippen LogP) is 3.04. The number of hydrogen-bond donors (Lipinski definition) is 2. The second-order valence-electron chi connectivity index (χ2n) is 6.83. The highest BCUT2D eigenvalue weighted by Gasteiger charge is 2.21. The number of nitrogens with one attached hydrogen (secondary N) is 1. The number of carboxylic acids is 1. The fourth-order valence-corrected chi connectivity index (χ4v) is 3.45. The van der Waals surface area contributed by atoms with Gasteiger partial charge in [0.15, 0.2) is 0 Å². The Labute approximate surface area is 149 Å². The molecule has 4 nitrogen and oxygen atoms in total. The van der Waals surface area contributed by atoms with E-state index in [4.69, 9.17) is 5.11 Å². The van der Waals surface area contributed by atoms with E-state index < -0.39 is 5.97 Å². The van der Waals surface area contributed by atoms with Crippen LogP contribution in [0.3, 0.4) is 0 Å². The van der Waals surface area contributed by atoms with E-state index in [0.717, 1.165) is 38.2 Å². The number of aromatic carboxylic acids is 1. The van der Waals surface area contributed by atoms with Gasteiger partial charge in [-0.25, -0.2) is 4.79 Å². The molecule has 1 saturated heterocycles. The number of likely N-dealkylation sites (tertiary alicyclic amines) is 1. The molecule has 3 rings (SSSR count). The second kappa shape index (κ2) is 8.79. The molecule has 2 N–H and O–H groups in total.